The van der Waals surface area contributed by atoms with Crippen LogP contribution >= 0.6 is 0 Å². The van der Waals surface area contributed by atoms with E-state index in [0.717, 1.165) is 11.0 Å². The molecule has 0 aliphatic carbocycles. The predicted octanol–water partition coefficient (Wildman–Crippen LogP) is 3.07. The van der Waals surface area contributed by atoms with Gasteiger partial charge in [0.05, 0.1) is 11.5 Å². The highest BCUT2D eigenvalue weighted by molar-refractivity contribution is 5.63. The third-order valence-corrected chi connectivity index (χ3v) is 4.55. The highest BCUT2D eigenvalue weighted by Crippen LogP contribution is 2.38. The van der Waals surface area contributed by atoms with Crippen LogP contribution in [-0.2, 0) is 22.7 Å². The Morgan fingerprint density at radius 2 is 2.00 bits per heavy atom. The maximum atomic E-state index is 12.9. The fourth-order valence-electron chi connectivity index (χ4n) is 3.08. The summed E-state index contributed by atoms with van der Waals surface area (Å²) in [6, 6.07) is 0.615. The van der Waals surface area contributed by atoms with Crippen molar-refractivity contribution in [2.24, 2.45) is 7.05 Å². The summed E-state index contributed by atoms with van der Waals surface area (Å²) in [5.41, 5.74) is -1.82. The number of aryl methyl sites for hydroxylation is 1. The molecule has 1 saturated heterocycles. The molecule has 2 aromatic heterocycles. The molecular formula is C17H19F3N6O6. The maximum Gasteiger partial charge on any atom is 0.508 e. The number of alkyl halides is 3. The minimum atomic E-state index is -4.71. The molecule has 1 aliphatic rings. The largest absolute Gasteiger partial charge is 0.508 e. The Morgan fingerprint density at radius 3 is 2.56 bits per heavy atom. The van der Waals surface area contributed by atoms with Crippen LogP contribution in [0.2, 0.25) is 0 Å². The second-order valence-corrected chi connectivity index (χ2v) is 6.69. The van der Waals surface area contributed by atoms with Gasteiger partial charge in [0, 0.05) is 39.0 Å². The first-order chi connectivity index (χ1) is 15.1. The molecule has 2 aromatic rings. The van der Waals surface area contributed by atoms with Crippen LogP contribution in [0, 0.1) is 10.1 Å². The van der Waals surface area contributed by atoms with Crippen LogP contribution in [0.15, 0.2) is 12.4 Å². The van der Waals surface area contributed by atoms with Gasteiger partial charge in [-0.15, -0.1) is 0 Å². The summed E-state index contributed by atoms with van der Waals surface area (Å²) in [6.07, 6.45) is -4.17. The maximum absolute atomic E-state index is 12.9. The van der Waals surface area contributed by atoms with Gasteiger partial charge < -0.3 is 19.1 Å². The molecule has 0 atom stereocenters. The van der Waals surface area contributed by atoms with E-state index in [1.807, 2.05) is 0 Å². The van der Waals surface area contributed by atoms with Crippen LogP contribution in [0.3, 0.4) is 0 Å². The minimum absolute atomic E-state index is 0.0622. The van der Waals surface area contributed by atoms with Gasteiger partial charge in [0.2, 0.25) is 11.7 Å². The van der Waals surface area contributed by atoms with Crippen molar-refractivity contribution in [1.29, 1.82) is 0 Å². The Bertz CT molecular complexity index is 990. The van der Waals surface area contributed by atoms with Gasteiger partial charge in [0.25, 0.3) is 0 Å². The Kier molecular flexibility index (Phi) is 6.64. The van der Waals surface area contributed by atoms with Gasteiger partial charge >= 0.3 is 23.9 Å². The Morgan fingerprint density at radius 1 is 1.31 bits per heavy atom. The van der Waals surface area contributed by atoms with Crippen molar-refractivity contribution in [3.63, 3.8) is 0 Å². The van der Waals surface area contributed by atoms with Gasteiger partial charge in [-0.25, -0.2) is 14.5 Å². The van der Waals surface area contributed by atoms with Crippen molar-refractivity contribution in [2.75, 3.05) is 24.6 Å². The molecule has 12 nitrogen and oxygen atoms in total. The average molecular weight is 460 g/mol. The number of ether oxygens (including phenoxy) is 3. The molecule has 0 saturated carbocycles. The van der Waals surface area contributed by atoms with Crippen LogP contribution in [0.5, 0.6) is 11.8 Å². The van der Waals surface area contributed by atoms with E-state index in [1.165, 1.54) is 7.05 Å². The molecule has 0 spiro atoms. The monoisotopic (exact) mass is 460 g/mol. The van der Waals surface area contributed by atoms with Crippen molar-refractivity contribution >= 4 is 17.7 Å². The van der Waals surface area contributed by atoms with Crippen molar-refractivity contribution in [3.05, 3.63) is 28.2 Å². The average Bonchev–Trinajstić information content (AvgIpc) is 3.09. The number of nitro groups is 1. The normalized spacial score (nSPS) is 14.8. The molecule has 3 rings (SSSR count). The Balaban J connectivity index is 1.80. The zero-order valence-electron chi connectivity index (χ0n) is 17.0. The van der Waals surface area contributed by atoms with Crippen LogP contribution in [0.25, 0.3) is 0 Å². The SMILES string of the molecule is CCOC(=O)OC1CCN(c2ncnc(Oc3cc(C(F)(F)F)nn3C)c2[N+](=O)[O-])CC1. The van der Waals surface area contributed by atoms with Crippen molar-refractivity contribution < 1.29 is 37.1 Å². The molecule has 3 heterocycles. The summed E-state index contributed by atoms with van der Waals surface area (Å²) >= 11 is 0. The molecule has 1 fully saturated rings. The van der Waals surface area contributed by atoms with Crippen LogP contribution < -0.4 is 9.64 Å². The van der Waals surface area contributed by atoms with E-state index in [4.69, 9.17) is 14.2 Å². The quantitative estimate of drug-likeness (QED) is 0.359. The Labute approximate surface area is 179 Å². The van der Waals surface area contributed by atoms with E-state index in [-0.39, 0.29) is 31.4 Å². The standard InChI is InChI=1S/C17H19F3N6O6/c1-3-30-16(27)31-10-4-6-25(7-5-10)14-13(26(28)29)15(22-9-21-14)32-12-8-11(17(18,19)20)23-24(12)2/h8-10H,3-7H2,1-2H3. The zero-order chi connectivity index (χ0) is 23.5. The lowest BCUT2D eigenvalue weighted by molar-refractivity contribution is -0.385. The molecular weight excluding hydrogens is 441 g/mol. The summed E-state index contributed by atoms with van der Waals surface area (Å²) in [5.74, 6) is -0.971. The number of aromatic nitrogens is 4. The lowest BCUT2D eigenvalue weighted by Crippen LogP contribution is -2.38. The van der Waals surface area contributed by atoms with E-state index in [2.05, 4.69) is 15.1 Å². The fourth-order valence-corrected chi connectivity index (χ4v) is 3.08. The second-order valence-electron chi connectivity index (χ2n) is 6.69. The van der Waals surface area contributed by atoms with Gasteiger partial charge in [-0.3, -0.25) is 10.1 Å². The molecule has 174 valence electrons. The molecule has 15 heteroatoms. The number of anilines is 1. The molecule has 0 radical (unpaired) electrons. The first kappa shape index (κ1) is 23.0. The molecule has 32 heavy (non-hydrogen) atoms. The minimum Gasteiger partial charge on any atom is -0.435 e. The van der Waals surface area contributed by atoms with Gasteiger partial charge in [0.15, 0.2) is 5.69 Å². The first-order valence-corrected chi connectivity index (χ1v) is 9.47. The van der Waals surface area contributed by atoms with E-state index < -0.39 is 40.6 Å². The van der Waals surface area contributed by atoms with Crippen LogP contribution in [0.1, 0.15) is 25.5 Å². The number of carbonyl (C=O) groups is 1. The molecule has 0 N–H and O–H groups in total. The highest BCUT2D eigenvalue weighted by Gasteiger charge is 2.36. The molecule has 0 unspecified atom stereocenters. The van der Waals surface area contributed by atoms with Crippen molar-refractivity contribution in [3.8, 4) is 11.8 Å². The zero-order valence-corrected chi connectivity index (χ0v) is 17.0. The van der Waals surface area contributed by atoms with Gasteiger partial charge in [-0.05, 0) is 6.92 Å². The topological polar surface area (TPSA) is 135 Å². The lowest BCUT2D eigenvalue weighted by Gasteiger charge is -2.31. The van der Waals surface area contributed by atoms with E-state index in [0.29, 0.717) is 18.9 Å². The Hall–Kier alpha value is -3.65. The second kappa shape index (κ2) is 9.23. The highest BCUT2D eigenvalue weighted by atomic mass is 19.4. The number of nitrogens with zero attached hydrogens (tertiary/aromatic N) is 6. The summed E-state index contributed by atoms with van der Waals surface area (Å²) in [5, 5.41) is 15.0. The lowest BCUT2D eigenvalue weighted by atomic mass is 10.1. The number of piperidine rings is 1. The summed E-state index contributed by atoms with van der Waals surface area (Å²) in [7, 11) is 1.20. The number of rotatable bonds is 6. The first-order valence-electron chi connectivity index (χ1n) is 9.47. The number of halogens is 3. The molecule has 0 bridgehead atoms. The number of hydrogen-bond acceptors (Lipinski definition) is 10. The molecule has 0 amide bonds. The summed E-state index contributed by atoms with van der Waals surface area (Å²) < 4.78 is 54.6. The number of carbonyl (C=O) groups excluding carboxylic acids is 1. The van der Waals surface area contributed by atoms with Crippen LogP contribution in [-0.4, -0.2) is 56.6 Å². The molecule has 1 aliphatic heterocycles. The van der Waals surface area contributed by atoms with E-state index >= 15 is 0 Å². The van der Waals surface area contributed by atoms with Gasteiger partial charge in [0.1, 0.15) is 12.4 Å². The van der Waals surface area contributed by atoms with Gasteiger partial charge in [-0.2, -0.15) is 23.3 Å². The van der Waals surface area contributed by atoms with Gasteiger partial charge in [-0.1, -0.05) is 0 Å². The molecule has 0 aromatic carbocycles. The van der Waals surface area contributed by atoms with E-state index in [1.54, 1.807) is 11.8 Å². The fraction of sp³-hybridized carbons (Fsp3) is 0.529. The third-order valence-electron chi connectivity index (χ3n) is 4.55. The van der Waals surface area contributed by atoms with E-state index in [9.17, 15) is 28.1 Å². The summed E-state index contributed by atoms with van der Waals surface area (Å²) in [6.45, 7) is 2.36. The van der Waals surface area contributed by atoms with Crippen LogP contribution in [0.4, 0.5) is 29.5 Å². The summed E-state index contributed by atoms with van der Waals surface area (Å²) in [4.78, 5) is 31.7. The van der Waals surface area contributed by atoms with Crippen molar-refractivity contribution in [1.82, 2.24) is 19.7 Å². The smallest absolute Gasteiger partial charge is 0.435 e. The third kappa shape index (κ3) is 5.15. The van der Waals surface area contributed by atoms with Crippen molar-refractivity contribution in [2.45, 2.75) is 32.0 Å². The number of hydrogen-bond donors (Lipinski definition) is 0. The predicted molar refractivity (Wildman–Crippen MR) is 100 cm³/mol.